The molecule has 1 saturated heterocycles. The Morgan fingerprint density at radius 2 is 1.74 bits per heavy atom. The number of hydrazine groups is 1. The standard InChI is InChI=1S/C47H64N6O8S/c1-12-52-41-18-17-34(26-38(41)39(27-47(7,8)28-61-32(6)55)44(52)37-16-15-19-48-42(37)30(4)60-10)35-22-33(23-36(25-35)62(11,58)59)24-40(46(57)53-21-14-13-20-49-53)50-45(56)43(29(2)3)51(9)31(5)54/h15-19,22-23,25-26,29-30,40,43,49H,12-14,20-21,24,27-28H2,1-11H3,(H,50,56)/t30-,40-,43-/m0/s1. The lowest BCUT2D eigenvalue weighted by molar-refractivity contribution is -0.144. The van der Waals surface area contributed by atoms with Crippen LogP contribution in [0.5, 0.6) is 0 Å². The first-order chi connectivity index (χ1) is 29.2. The second kappa shape index (κ2) is 19.9. The van der Waals surface area contributed by atoms with Crippen LogP contribution in [0.25, 0.3) is 33.3 Å². The highest BCUT2D eigenvalue weighted by Gasteiger charge is 2.34. The molecule has 0 unspecified atom stereocenters. The van der Waals surface area contributed by atoms with Gasteiger partial charge in [-0.15, -0.1) is 0 Å². The number of carbonyl (C=O) groups is 4. The summed E-state index contributed by atoms with van der Waals surface area (Å²) in [5, 5.41) is 5.41. The number of aryl methyl sites for hydroxylation is 1. The van der Waals surface area contributed by atoms with Crippen LogP contribution in [0.1, 0.15) is 91.2 Å². The van der Waals surface area contributed by atoms with Gasteiger partial charge in [0.05, 0.1) is 29.0 Å². The molecule has 2 aromatic carbocycles. The van der Waals surface area contributed by atoms with Crippen molar-refractivity contribution in [2.45, 2.75) is 111 Å². The molecule has 14 nitrogen and oxygen atoms in total. The van der Waals surface area contributed by atoms with Crippen LogP contribution in [0.3, 0.4) is 0 Å². The average molecular weight is 873 g/mol. The first-order valence-electron chi connectivity index (χ1n) is 21.4. The Kier molecular flexibility index (Phi) is 15.4. The highest BCUT2D eigenvalue weighted by atomic mass is 32.2. The molecule has 15 heteroatoms. The lowest BCUT2D eigenvalue weighted by Crippen LogP contribution is -2.59. The van der Waals surface area contributed by atoms with E-state index in [9.17, 15) is 27.6 Å². The second-order valence-electron chi connectivity index (χ2n) is 17.6. The first kappa shape index (κ1) is 47.9. The first-order valence-corrected chi connectivity index (χ1v) is 23.3. The van der Waals surface area contributed by atoms with Gasteiger partial charge in [0.15, 0.2) is 9.84 Å². The van der Waals surface area contributed by atoms with Crippen molar-refractivity contribution >= 4 is 44.4 Å². The fourth-order valence-corrected chi connectivity index (χ4v) is 9.04. The van der Waals surface area contributed by atoms with Crippen LogP contribution >= 0.6 is 0 Å². The molecule has 2 aromatic heterocycles. The van der Waals surface area contributed by atoms with E-state index in [1.165, 1.54) is 23.8 Å². The van der Waals surface area contributed by atoms with Gasteiger partial charge in [-0.2, -0.15) is 0 Å². The zero-order valence-corrected chi connectivity index (χ0v) is 38.9. The molecule has 3 heterocycles. The average Bonchev–Trinajstić information content (AvgIpc) is 3.53. The number of esters is 1. The van der Waals surface area contributed by atoms with Crippen LogP contribution in [0, 0.1) is 11.3 Å². The Bertz CT molecular complexity index is 2400. The predicted octanol–water partition coefficient (Wildman–Crippen LogP) is 6.29. The third-order valence-electron chi connectivity index (χ3n) is 11.6. The number of aromatic nitrogens is 2. The molecule has 0 radical (unpaired) electrons. The lowest BCUT2D eigenvalue weighted by Gasteiger charge is -2.34. The highest BCUT2D eigenvalue weighted by Crippen LogP contribution is 2.42. The molecule has 3 amide bonds. The maximum Gasteiger partial charge on any atom is 0.302 e. The van der Waals surface area contributed by atoms with E-state index in [0.29, 0.717) is 37.2 Å². The van der Waals surface area contributed by atoms with Gasteiger partial charge < -0.3 is 24.3 Å². The van der Waals surface area contributed by atoms with Crippen LogP contribution in [0.4, 0.5) is 0 Å². The number of sulfone groups is 1. The minimum absolute atomic E-state index is 0.0105. The van der Waals surface area contributed by atoms with E-state index in [0.717, 1.165) is 58.1 Å². The number of rotatable bonds is 17. The minimum Gasteiger partial charge on any atom is -0.465 e. The van der Waals surface area contributed by atoms with Crippen LogP contribution in [-0.2, 0) is 57.9 Å². The highest BCUT2D eigenvalue weighted by molar-refractivity contribution is 7.90. The number of likely N-dealkylation sites (N-methyl/N-ethyl adjacent to an activating group) is 1. The quantitative estimate of drug-likeness (QED) is 0.115. The Morgan fingerprint density at radius 3 is 2.34 bits per heavy atom. The Labute approximate surface area is 366 Å². The van der Waals surface area contributed by atoms with Crippen molar-refractivity contribution in [1.82, 2.24) is 30.2 Å². The summed E-state index contributed by atoms with van der Waals surface area (Å²) in [6.07, 6.45) is 4.79. The van der Waals surface area contributed by atoms with Gasteiger partial charge in [0.2, 0.25) is 11.8 Å². The van der Waals surface area contributed by atoms with Gasteiger partial charge in [-0.05, 0) is 97.7 Å². The zero-order valence-electron chi connectivity index (χ0n) is 38.1. The number of nitrogens with one attached hydrogen (secondary N) is 2. The summed E-state index contributed by atoms with van der Waals surface area (Å²) >= 11 is 0. The molecular weight excluding hydrogens is 809 g/mol. The summed E-state index contributed by atoms with van der Waals surface area (Å²) in [6.45, 7) is 16.5. The Hall–Kier alpha value is -5.12. The number of benzene rings is 2. The third kappa shape index (κ3) is 11.1. The van der Waals surface area contributed by atoms with Gasteiger partial charge in [0, 0.05) is 88.4 Å². The van der Waals surface area contributed by atoms with Crippen LogP contribution in [-0.4, -0.2) is 104 Å². The van der Waals surface area contributed by atoms with Crippen molar-refractivity contribution in [2.75, 3.05) is 40.1 Å². The summed E-state index contributed by atoms with van der Waals surface area (Å²) in [5.74, 6) is -1.73. The molecule has 4 aromatic rings. The lowest BCUT2D eigenvalue weighted by atomic mass is 9.84. The molecule has 1 fully saturated rings. The minimum atomic E-state index is -3.75. The molecule has 0 aliphatic carbocycles. The summed E-state index contributed by atoms with van der Waals surface area (Å²) in [6, 6.07) is 13.2. The number of pyridine rings is 1. The summed E-state index contributed by atoms with van der Waals surface area (Å²) in [5.41, 5.74) is 9.18. The van der Waals surface area contributed by atoms with Crippen molar-refractivity contribution in [3.8, 4) is 22.4 Å². The monoisotopic (exact) mass is 872 g/mol. The third-order valence-corrected chi connectivity index (χ3v) is 12.7. The van der Waals surface area contributed by atoms with Crippen molar-refractivity contribution < 1.29 is 37.1 Å². The fraction of sp³-hybridized carbons (Fsp3) is 0.511. The summed E-state index contributed by atoms with van der Waals surface area (Å²) in [7, 11) is -0.535. The molecule has 5 rings (SSSR count). The fourth-order valence-electron chi connectivity index (χ4n) is 8.34. The van der Waals surface area contributed by atoms with Gasteiger partial charge in [-0.3, -0.25) is 29.2 Å². The molecule has 0 saturated carbocycles. The van der Waals surface area contributed by atoms with Gasteiger partial charge in [-0.1, -0.05) is 39.8 Å². The molecule has 0 bridgehead atoms. The maximum absolute atomic E-state index is 14.2. The molecule has 0 spiro atoms. The molecule has 1 aliphatic rings. The van der Waals surface area contributed by atoms with E-state index in [2.05, 4.69) is 42.1 Å². The van der Waals surface area contributed by atoms with Crippen LogP contribution in [0.15, 0.2) is 59.6 Å². The Balaban J connectivity index is 1.70. The summed E-state index contributed by atoms with van der Waals surface area (Å²) in [4.78, 5) is 58.8. The molecule has 336 valence electrons. The smallest absolute Gasteiger partial charge is 0.302 e. The van der Waals surface area contributed by atoms with E-state index in [1.54, 1.807) is 32.5 Å². The number of methoxy groups -OCH3 is 1. The second-order valence-corrected chi connectivity index (χ2v) is 19.6. The number of nitrogens with zero attached hydrogens (tertiary/aromatic N) is 4. The van der Waals surface area contributed by atoms with Gasteiger partial charge >= 0.3 is 5.97 Å². The van der Waals surface area contributed by atoms with Crippen molar-refractivity contribution in [3.63, 3.8) is 0 Å². The van der Waals surface area contributed by atoms with E-state index in [4.69, 9.17) is 14.5 Å². The van der Waals surface area contributed by atoms with Gasteiger partial charge in [-0.25, -0.2) is 13.8 Å². The van der Waals surface area contributed by atoms with Crippen LogP contribution < -0.4 is 10.7 Å². The number of fused-ring (bicyclic) bond motifs is 1. The van der Waals surface area contributed by atoms with Crippen molar-refractivity contribution in [3.05, 3.63) is 71.5 Å². The normalized spacial score (nSPS) is 15.0. The zero-order chi connectivity index (χ0) is 45.7. The van der Waals surface area contributed by atoms with Crippen LogP contribution in [0.2, 0.25) is 0 Å². The largest absolute Gasteiger partial charge is 0.465 e. The SMILES string of the molecule is CCn1c(-c2cccnc2[C@H](C)OC)c(CC(C)(C)COC(C)=O)c2cc(-c3cc(C[C@H](NC(=O)[C@H](C(C)C)N(C)C(C)=O)C(=O)N4CCCCN4)cc(S(C)(=O)=O)c3)ccc21. The van der Waals surface area contributed by atoms with Gasteiger partial charge in [0.1, 0.15) is 12.1 Å². The van der Waals surface area contributed by atoms with Gasteiger partial charge in [0.25, 0.3) is 5.91 Å². The summed E-state index contributed by atoms with van der Waals surface area (Å²) < 4.78 is 40.3. The number of carbonyl (C=O) groups excluding carboxylic acids is 4. The van der Waals surface area contributed by atoms with Crippen molar-refractivity contribution in [1.29, 1.82) is 0 Å². The molecule has 2 N–H and O–H groups in total. The topological polar surface area (TPSA) is 169 Å². The predicted molar refractivity (Wildman–Crippen MR) is 241 cm³/mol. The van der Waals surface area contributed by atoms with E-state index in [1.807, 2.05) is 51.1 Å². The number of hydrogen-bond acceptors (Lipinski definition) is 10. The number of amides is 3. The van der Waals surface area contributed by atoms with E-state index in [-0.39, 0.29) is 47.7 Å². The number of hydrogen-bond donors (Lipinski definition) is 2. The van der Waals surface area contributed by atoms with E-state index >= 15 is 0 Å². The number of ether oxygens (including phenoxy) is 2. The van der Waals surface area contributed by atoms with Crippen molar-refractivity contribution in [2.24, 2.45) is 11.3 Å². The molecule has 1 aliphatic heterocycles. The Morgan fingerprint density at radius 1 is 1.02 bits per heavy atom. The molecule has 3 atom stereocenters. The van der Waals surface area contributed by atoms with E-state index < -0.39 is 33.2 Å². The molecular formula is C47H64N6O8S. The maximum atomic E-state index is 14.2. The molecule has 62 heavy (non-hydrogen) atoms.